The summed E-state index contributed by atoms with van der Waals surface area (Å²) in [5, 5.41) is 5.93. The molecule has 1 aromatic heterocycles. The third-order valence-corrected chi connectivity index (χ3v) is 2.43. The fraction of sp³-hybridized carbons (Fsp3) is 0.0833. The molecule has 0 bridgehead atoms. The minimum absolute atomic E-state index is 0.303. The van der Waals surface area contributed by atoms with Gasteiger partial charge in [-0.25, -0.2) is 8.78 Å². The van der Waals surface area contributed by atoms with Crippen LogP contribution in [0.3, 0.4) is 0 Å². The van der Waals surface area contributed by atoms with Gasteiger partial charge in [0, 0.05) is 11.8 Å². The monoisotopic (exact) mass is 268 g/mol. The van der Waals surface area contributed by atoms with E-state index in [4.69, 9.17) is 16.6 Å². The highest BCUT2D eigenvalue weighted by molar-refractivity contribution is 7.80. The van der Waals surface area contributed by atoms with Crippen LogP contribution in [0.2, 0.25) is 0 Å². The second-order valence-electron chi connectivity index (χ2n) is 3.52. The maximum Gasteiger partial charge on any atom is 0.171 e. The second kappa shape index (κ2) is 5.59. The van der Waals surface area contributed by atoms with Gasteiger partial charge in [0.05, 0.1) is 12.8 Å². The first-order valence-corrected chi connectivity index (χ1v) is 5.58. The highest BCUT2D eigenvalue weighted by Gasteiger charge is 2.04. The summed E-state index contributed by atoms with van der Waals surface area (Å²) in [5.41, 5.74) is 0.380. The molecule has 18 heavy (non-hydrogen) atoms. The molecule has 0 aliphatic carbocycles. The standard InChI is InChI=1S/C12H10F2N2OS/c13-10-4-3-8(6-11(10)14)16-12(18)15-7-9-2-1-5-17-9/h1-6H,7H2,(H2,15,16,18). The Morgan fingerprint density at radius 2 is 2.06 bits per heavy atom. The number of anilines is 1. The first-order valence-electron chi connectivity index (χ1n) is 5.17. The Hall–Kier alpha value is -1.95. The lowest BCUT2D eigenvalue weighted by atomic mass is 10.3. The van der Waals surface area contributed by atoms with Crippen LogP contribution in [-0.2, 0) is 6.54 Å². The van der Waals surface area contributed by atoms with Crippen molar-refractivity contribution >= 4 is 23.0 Å². The van der Waals surface area contributed by atoms with Crippen LogP contribution < -0.4 is 10.6 Å². The fourth-order valence-corrected chi connectivity index (χ4v) is 1.52. The van der Waals surface area contributed by atoms with Crippen LogP contribution >= 0.6 is 12.2 Å². The van der Waals surface area contributed by atoms with Crippen molar-refractivity contribution in [1.29, 1.82) is 0 Å². The molecule has 1 aromatic carbocycles. The van der Waals surface area contributed by atoms with Crippen molar-refractivity contribution in [2.45, 2.75) is 6.54 Å². The van der Waals surface area contributed by atoms with E-state index in [1.807, 2.05) is 0 Å². The van der Waals surface area contributed by atoms with E-state index in [0.717, 1.165) is 17.9 Å². The van der Waals surface area contributed by atoms with Gasteiger partial charge in [0.1, 0.15) is 5.76 Å². The zero-order chi connectivity index (χ0) is 13.0. The second-order valence-corrected chi connectivity index (χ2v) is 3.92. The number of furan rings is 1. The van der Waals surface area contributed by atoms with Crippen molar-refractivity contribution in [3.63, 3.8) is 0 Å². The Kier molecular flexibility index (Phi) is 3.88. The number of rotatable bonds is 3. The molecule has 0 aliphatic heterocycles. The van der Waals surface area contributed by atoms with Crippen LogP contribution in [0.15, 0.2) is 41.0 Å². The summed E-state index contributed by atoms with van der Waals surface area (Å²) in [6.45, 7) is 0.419. The fourth-order valence-electron chi connectivity index (χ4n) is 1.33. The van der Waals surface area contributed by atoms with Gasteiger partial charge >= 0.3 is 0 Å². The molecule has 0 spiro atoms. The van der Waals surface area contributed by atoms with Crippen molar-refractivity contribution in [1.82, 2.24) is 5.32 Å². The molecule has 2 N–H and O–H groups in total. The number of hydrogen-bond donors (Lipinski definition) is 2. The quantitative estimate of drug-likeness (QED) is 0.839. The van der Waals surface area contributed by atoms with Gasteiger partial charge in [0.15, 0.2) is 16.7 Å². The van der Waals surface area contributed by atoms with Crippen LogP contribution in [0.4, 0.5) is 14.5 Å². The number of benzene rings is 1. The molecule has 3 nitrogen and oxygen atoms in total. The summed E-state index contributed by atoms with van der Waals surface area (Å²) in [6, 6.07) is 7.04. The molecule has 0 saturated heterocycles. The average Bonchev–Trinajstić information content (AvgIpc) is 2.84. The molecule has 0 unspecified atom stereocenters. The molecule has 0 aliphatic rings. The third-order valence-electron chi connectivity index (χ3n) is 2.18. The van der Waals surface area contributed by atoms with Gasteiger partial charge < -0.3 is 15.1 Å². The zero-order valence-electron chi connectivity index (χ0n) is 9.24. The van der Waals surface area contributed by atoms with Gasteiger partial charge in [0.25, 0.3) is 0 Å². The molecule has 6 heteroatoms. The van der Waals surface area contributed by atoms with Crippen LogP contribution in [0.1, 0.15) is 5.76 Å². The van der Waals surface area contributed by atoms with Gasteiger partial charge in [-0.05, 0) is 36.5 Å². The number of hydrogen-bond acceptors (Lipinski definition) is 2. The Morgan fingerprint density at radius 1 is 1.22 bits per heavy atom. The van der Waals surface area contributed by atoms with Crippen molar-refractivity contribution < 1.29 is 13.2 Å². The Labute approximate surface area is 108 Å². The smallest absolute Gasteiger partial charge is 0.171 e. The maximum atomic E-state index is 12.9. The molecule has 2 rings (SSSR count). The number of thiocarbonyl (C=S) groups is 1. The van der Waals surface area contributed by atoms with E-state index in [1.54, 1.807) is 18.4 Å². The predicted molar refractivity (Wildman–Crippen MR) is 68.1 cm³/mol. The topological polar surface area (TPSA) is 37.2 Å². The van der Waals surface area contributed by atoms with Gasteiger partial charge in [0.2, 0.25) is 0 Å². The lowest BCUT2D eigenvalue weighted by Crippen LogP contribution is -2.27. The Bertz CT molecular complexity index is 543. The molecule has 0 saturated carbocycles. The molecule has 0 fully saturated rings. The van der Waals surface area contributed by atoms with Crippen molar-refractivity contribution in [2.24, 2.45) is 0 Å². The van der Waals surface area contributed by atoms with Crippen LogP contribution in [0.25, 0.3) is 0 Å². The van der Waals surface area contributed by atoms with Gasteiger partial charge in [-0.2, -0.15) is 0 Å². The summed E-state index contributed by atoms with van der Waals surface area (Å²) in [6.07, 6.45) is 1.56. The van der Waals surface area contributed by atoms with E-state index in [1.165, 1.54) is 6.07 Å². The van der Waals surface area contributed by atoms with E-state index in [0.29, 0.717) is 17.3 Å². The van der Waals surface area contributed by atoms with E-state index in [-0.39, 0.29) is 0 Å². The first kappa shape index (κ1) is 12.5. The lowest BCUT2D eigenvalue weighted by molar-refractivity contribution is 0.503. The third kappa shape index (κ3) is 3.27. The largest absolute Gasteiger partial charge is 0.467 e. The van der Waals surface area contributed by atoms with E-state index in [9.17, 15) is 8.78 Å². The molecule has 0 atom stereocenters. The average molecular weight is 268 g/mol. The lowest BCUT2D eigenvalue weighted by Gasteiger charge is -2.09. The van der Waals surface area contributed by atoms with E-state index in [2.05, 4.69) is 10.6 Å². The summed E-state index contributed by atoms with van der Waals surface area (Å²) in [4.78, 5) is 0. The predicted octanol–water partition coefficient (Wildman–Crippen LogP) is 3.04. The number of halogens is 2. The normalized spacial score (nSPS) is 10.1. The maximum absolute atomic E-state index is 12.9. The molecular weight excluding hydrogens is 258 g/mol. The van der Waals surface area contributed by atoms with Crippen LogP contribution in [-0.4, -0.2) is 5.11 Å². The molecule has 94 valence electrons. The Morgan fingerprint density at radius 3 is 2.72 bits per heavy atom. The van der Waals surface area contributed by atoms with E-state index >= 15 is 0 Å². The minimum Gasteiger partial charge on any atom is -0.467 e. The molecule has 1 heterocycles. The summed E-state index contributed by atoms with van der Waals surface area (Å²) in [5.74, 6) is -1.09. The molecular formula is C12H10F2N2OS. The molecule has 0 amide bonds. The minimum atomic E-state index is -0.922. The Balaban J connectivity index is 1.88. The highest BCUT2D eigenvalue weighted by atomic mass is 32.1. The zero-order valence-corrected chi connectivity index (χ0v) is 10.1. The van der Waals surface area contributed by atoms with Gasteiger partial charge in [-0.3, -0.25) is 0 Å². The summed E-state index contributed by atoms with van der Waals surface area (Å²) < 4.78 is 30.8. The van der Waals surface area contributed by atoms with Crippen LogP contribution in [0, 0.1) is 11.6 Å². The summed E-state index contributed by atoms with van der Waals surface area (Å²) in [7, 11) is 0. The highest BCUT2D eigenvalue weighted by Crippen LogP contribution is 2.12. The molecule has 0 radical (unpaired) electrons. The van der Waals surface area contributed by atoms with Crippen molar-refractivity contribution in [2.75, 3.05) is 5.32 Å². The summed E-state index contributed by atoms with van der Waals surface area (Å²) >= 11 is 5.01. The van der Waals surface area contributed by atoms with Crippen molar-refractivity contribution in [3.05, 3.63) is 54.0 Å². The van der Waals surface area contributed by atoms with Crippen molar-refractivity contribution in [3.8, 4) is 0 Å². The number of nitrogens with one attached hydrogen (secondary N) is 2. The van der Waals surface area contributed by atoms with Gasteiger partial charge in [-0.1, -0.05) is 0 Å². The molecule has 2 aromatic rings. The first-order chi connectivity index (χ1) is 8.65. The van der Waals surface area contributed by atoms with Gasteiger partial charge in [-0.15, -0.1) is 0 Å². The van der Waals surface area contributed by atoms with E-state index < -0.39 is 11.6 Å². The van der Waals surface area contributed by atoms with Crippen LogP contribution in [0.5, 0.6) is 0 Å². The SMILES string of the molecule is Fc1ccc(NC(=S)NCc2ccco2)cc1F.